The van der Waals surface area contributed by atoms with Crippen LogP contribution in [0.2, 0.25) is 0 Å². The first-order chi connectivity index (χ1) is 6.74. The highest BCUT2D eigenvalue weighted by atomic mass is 32.2. The zero-order valence-electron chi connectivity index (χ0n) is 7.86. The van der Waals surface area contributed by atoms with Gasteiger partial charge in [-0.15, -0.1) is 0 Å². The number of likely N-dealkylation sites (N-methyl/N-ethyl adjacent to an activating group) is 1. The van der Waals surface area contributed by atoms with Crippen LogP contribution in [0.4, 0.5) is 0 Å². The van der Waals surface area contributed by atoms with Crippen molar-refractivity contribution in [3.05, 3.63) is 6.33 Å². The molecule has 1 aromatic heterocycles. The fraction of sp³-hybridized carbons (Fsp3) is 0.571. The number of primary amides is 1. The van der Waals surface area contributed by atoms with Crippen molar-refractivity contribution >= 4 is 17.7 Å². The van der Waals surface area contributed by atoms with E-state index >= 15 is 0 Å². The number of H-pyrrole nitrogens is 1. The molecule has 6 nitrogen and oxygen atoms in total. The van der Waals surface area contributed by atoms with E-state index in [0.29, 0.717) is 6.42 Å². The van der Waals surface area contributed by atoms with E-state index in [1.807, 2.05) is 0 Å². The lowest BCUT2D eigenvalue weighted by atomic mass is 10.2. The van der Waals surface area contributed by atoms with Gasteiger partial charge in [-0.3, -0.25) is 9.89 Å². The molecule has 0 aliphatic rings. The molecular formula is C7H13N5OS. The second-order valence-corrected chi connectivity index (χ2v) is 3.76. The highest BCUT2D eigenvalue weighted by molar-refractivity contribution is 7.99. The topological polar surface area (TPSA) is 96.7 Å². The number of carbonyl (C=O) groups is 1. The number of aromatic nitrogens is 3. The van der Waals surface area contributed by atoms with Gasteiger partial charge in [0.1, 0.15) is 6.33 Å². The van der Waals surface area contributed by atoms with Crippen LogP contribution in [0.5, 0.6) is 0 Å². The lowest BCUT2D eigenvalue weighted by Crippen LogP contribution is -2.39. The summed E-state index contributed by atoms with van der Waals surface area (Å²) in [4.78, 5) is 14.8. The minimum atomic E-state index is -0.328. The zero-order chi connectivity index (χ0) is 10.4. The van der Waals surface area contributed by atoms with E-state index in [-0.39, 0.29) is 11.9 Å². The van der Waals surface area contributed by atoms with Gasteiger partial charge in [-0.2, -0.15) is 5.10 Å². The highest BCUT2D eigenvalue weighted by Gasteiger charge is 2.12. The largest absolute Gasteiger partial charge is 0.368 e. The van der Waals surface area contributed by atoms with E-state index < -0.39 is 0 Å². The Balaban J connectivity index is 2.23. The van der Waals surface area contributed by atoms with Crippen LogP contribution in [0.15, 0.2) is 11.5 Å². The first-order valence-electron chi connectivity index (χ1n) is 4.18. The van der Waals surface area contributed by atoms with Crippen LogP contribution >= 0.6 is 11.8 Å². The summed E-state index contributed by atoms with van der Waals surface area (Å²) in [5, 5.41) is 10.0. The van der Waals surface area contributed by atoms with E-state index in [1.165, 1.54) is 18.1 Å². The Morgan fingerprint density at radius 1 is 1.86 bits per heavy atom. The predicted octanol–water partition coefficient (Wildman–Crippen LogP) is -0.640. The number of amides is 1. The van der Waals surface area contributed by atoms with Crippen molar-refractivity contribution in [1.29, 1.82) is 0 Å². The van der Waals surface area contributed by atoms with Gasteiger partial charge in [0.15, 0.2) is 5.16 Å². The Morgan fingerprint density at radius 2 is 2.64 bits per heavy atom. The Kier molecular flexibility index (Phi) is 4.41. The third kappa shape index (κ3) is 3.35. The molecule has 0 fully saturated rings. The summed E-state index contributed by atoms with van der Waals surface area (Å²) in [5.74, 6) is 0.439. The average Bonchev–Trinajstić information content (AvgIpc) is 2.64. The third-order valence-electron chi connectivity index (χ3n) is 1.73. The summed E-state index contributed by atoms with van der Waals surface area (Å²) in [6, 6.07) is -0.273. The van der Waals surface area contributed by atoms with Gasteiger partial charge in [0.25, 0.3) is 0 Å². The van der Waals surface area contributed by atoms with Crippen molar-refractivity contribution in [2.24, 2.45) is 5.73 Å². The monoisotopic (exact) mass is 215 g/mol. The number of thioether (sulfide) groups is 1. The summed E-state index contributed by atoms with van der Waals surface area (Å²) < 4.78 is 0. The van der Waals surface area contributed by atoms with Crippen LogP contribution in [0.1, 0.15) is 6.42 Å². The fourth-order valence-electron chi connectivity index (χ4n) is 0.966. The molecule has 4 N–H and O–H groups in total. The molecule has 1 aromatic rings. The molecule has 0 aliphatic carbocycles. The smallest absolute Gasteiger partial charge is 0.234 e. The molecule has 1 unspecified atom stereocenters. The first kappa shape index (κ1) is 11.0. The van der Waals surface area contributed by atoms with E-state index in [4.69, 9.17) is 5.73 Å². The van der Waals surface area contributed by atoms with E-state index in [9.17, 15) is 4.79 Å². The molecular weight excluding hydrogens is 202 g/mol. The second kappa shape index (κ2) is 5.61. The van der Waals surface area contributed by atoms with Gasteiger partial charge in [-0.1, -0.05) is 11.8 Å². The molecule has 0 bridgehead atoms. The minimum absolute atomic E-state index is 0.273. The van der Waals surface area contributed by atoms with Crippen molar-refractivity contribution in [2.45, 2.75) is 17.6 Å². The van der Waals surface area contributed by atoms with Crippen molar-refractivity contribution in [3.63, 3.8) is 0 Å². The fourth-order valence-corrected chi connectivity index (χ4v) is 1.75. The van der Waals surface area contributed by atoms with Gasteiger partial charge in [-0.05, 0) is 13.5 Å². The number of nitrogens with one attached hydrogen (secondary N) is 2. The van der Waals surface area contributed by atoms with E-state index in [1.54, 1.807) is 7.05 Å². The number of hydrogen-bond donors (Lipinski definition) is 3. The molecule has 0 aliphatic heterocycles. The van der Waals surface area contributed by atoms with Crippen LogP contribution in [0, 0.1) is 0 Å². The summed E-state index contributed by atoms with van der Waals surface area (Å²) in [5.41, 5.74) is 5.16. The summed E-state index contributed by atoms with van der Waals surface area (Å²) in [7, 11) is 1.72. The molecule has 1 heterocycles. The van der Waals surface area contributed by atoms with Crippen LogP contribution < -0.4 is 11.1 Å². The maximum atomic E-state index is 10.8. The summed E-state index contributed by atoms with van der Waals surface area (Å²) >= 11 is 1.51. The van der Waals surface area contributed by atoms with E-state index in [0.717, 1.165) is 10.9 Å². The first-order valence-corrected chi connectivity index (χ1v) is 5.17. The van der Waals surface area contributed by atoms with Crippen molar-refractivity contribution in [1.82, 2.24) is 20.5 Å². The molecule has 0 spiro atoms. The van der Waals surface area contributed by atoms with Gasteiger partial charge in [0, 0.05) is 5.75 Å². The number of nitrogens with zero attached hydrogens (tertiary/aromatic N) is 2. The van der Waals surface area contributed by atoms with Gasteiger partial charge in [-0.25, -0.2) is 4.98 Å². The lowest BCUT2D eigenvalue weighted by molar-refractivity contribution is -0.119. The quantitative estimate of drug-likeness (QED) is 0.548. The van der Waals surface area contributed by atoms with Crippen LogP contribution in [0.25, 0.3) is 0 Å². The molecule has 0 saturated heterocycles. The molecule has 0 aromatic carbocycles. The standard InChI is InChI=1S/C7H13N5OS/c1-9-5(6(8)13)2-3-14-7-10-4-11-12-7/h4-5,9H,2-3H2,1H3,(H2,8,13)(H,10,11,12). The average molecular weight is 215 g/mol. The highest BCUT2D eigenvalue weighted by Crippen LogP contribution is 2.12. The predicted molar refractivity (Wildman–Crippen MR) is 53.8 cm³/mol. The Bertz CT molecular complexity index is 276. The summed E-state index contributed by atoms with van der Waals surface area (Å²) in [6.45, 7) is 0. The molecule has 7 heteroatoms. The van der Waals surface area contributed by atoms with Gasteiger partial charge >= 0.3 is 0 Å². The molecule has 0 saturated carbocycles. The van der Waals surface area contributed by atoms with Crippen molar-refractivity contribution < 1.29 is 4.79 Å². The van der Waals surface area contributed by atoms with Gasteiger partial charge in [0.2, 0.25) is 5.91 Å². The molecule has 78 valence electrons. The molecule has 0 radical (unpaired) electrons. The normalized spacial score (nSPS) is 12.6. The Hall–Kier alpha value is -1.08. The summed E-state index contributed by atoms with van der Waals surface area (Å²) in [6.07, 6.45) is 2.13. The molecule has 1 atom stereocenters. The Labute approximate surface area is 86.0 Å². The van der Waals surface area contributed by atoms with Gasteiger partial charge in [0.05, 0.1) is 6.04 Å². The third-order valence-corrected chi connectivity index (χ3v) is 2.64. The second-order valence-electron chi connectivity index (χ2n) is 2.67. The lowest BCUT2D eigenvalue weighted by Gasteiger charge is -2.10. The van der Waals surface area contributed by atoms with Crippen LogP contribution in [-0.2, 0) is 4.79 Å². The van der Waals surface area contributed by atoms with Gasteiger partial charge < -0.3 is 11.1 Å². The number of nitrogens with two attached hydrogens (primary N) is 1. The zero-order valence-corrected chi connectivity index (χ0v) is 8.67. The number of aromatic amines is 1. The number of carbonyl (C=O) groups excluding carboxylic acids is 1. The van der Waals surface area contributed by atoms with Crippen molar-refractivity contribution in [3.8, 4) is 0 Å². The number of rotatable bonds is 6. The maximum absolute atomic E-state index is 10.8. The molecule has 1 rings (SSSR count). The SMILES string of the molecule is CNC(CCSc1ncn[nH]1)C(N)=O. The van der Waals surface area contributed by atoms with Crippen LogP contribution in [-0.4, -0.2) is 39.9 Å². The van der Waals surface area contributed by atoms with E-state index in [2.05, 4.69) is 20.5 Å². The molecule has 1 amide bonds. The van der Waals surface area contributed by atoms with Crippen LogP contribution in [0.3, 0.4) is 0 Å². The number of hydrogen-bond acceptors (Lipinski definition) is 5. The Morgan fingerprint density at radius 3 is 3.14 bits per heavy atom. The minimum Gasteiger partial charge on any atom is -0.368 e. The molecule has 14 heavy (non-hydrogen) atoms. The maximum Gasteiger partial charge on any atom is 0.234 e. The van der Waals surface area contributed by atoms with Crippen molar-refractivity contribution in [2.75, 3.05) is 12.8 Å².